The molecule has 0 aliphatic carbocycles. The van der Waals surface area contributed by atoms with E-state index in [0.717, 1.165) is 11.8 Å². The van der Waals surface area contributed by atoms with Crippen molar-refractivity contribution in [3.63, 3.8) is 0 Å². The van der Waals surface area contributed by atoms with Crippen LogP contribution in [0.2, 0.25) is 0 Å². The van der Waals surface area contributed by atoms with Crippen LogP contribution in [0.25, 0.3) is 11.6 Å². The summed E-state index contributed by atoms with van der Waals surface area (Å²) >= 11 is 1.14. The molecule has 1 unspecified atom stereocenters. The summed E-state index contributed by atoms with van der Waals surface area (Å²) in [5.41, 5.74) is -0.909. The van der Waals surface area contributed by atoms with Gasteiger partial charge in [-0.1, -0.05) is 25.6 Å². The Kier molecular flexibility index (Phi) is 4.95. The van der Waals surface area contributed by atoms with E-state index in [1.54, 1.807) is 19.1 Å². The first kappa shape index (κ1) is 16.9. The molecule has 0 saturated heterocycles. The Balaban J connectivity index is 1.99. The highest BCUT2D eigenvalue weighted by Gasteiger charge is 2.30. The number of furan rings is 1. The van der Waals surface area contributed by atoms with Crippen molar-refractivity contribution in [1.29, 1.82) is 5.26 Å². The number of carbonyl (C=O) groups excluding carboxylic acids is 1. The molecule has 122 valence electrons. The highest BCUT2D eigenvalue weighted by atomic mass is 32.2. The van der Waals surface area contributed by atoms with Gasteiger partial charge >= 0.3 is 0 Å². The molecular formula is C14H18N6O2S. The zero-order valence-corrected chi connectivity index (χ0v) is 13.9. The maximum atomic E-state index is 12.0. The number of nitrogens with one attached hydrogen (secondary N) is 1. The highest BCUT2D eigenvalue weighted by molar-refractivity contribution is 7.99. The number of hydrogen-bond donors (Lipinski definition) is 2. The molecule has 0 saturated carbocycles. The summed E-state index contributed by atoms with van der Waals surface area (Å²) in [6, 6.07) is 5.57. The first-order valence-corrected chi connectivity index (χ1v) is 7.95. The molecule has 9 heteroatoms. The number of nitrogens with zero attached hydrogens (tertiary/aromatic N) is 4. The summed E-state index contributed by atoms with van der Waals surface area (Å²) in [5, 5.41) is 20.2. The minimum absolute atomic E-state index is 0.00911. The lowest BCUT2D eigenvalue weighted by Crippen LogP contribution is -2.49. The second-order valence-electron chi connectivity index (χ2n) is 5.46. The van der Waals surface area contributed by atoms with Crippen molar-refractivity contribution in [3.8, 4) is 17.7 Å². The molecule has 8 nitrogen and oxygen atoms in total. The topological polar surface area (TPSA) is 123 Å². The van der Waals surface area contributed by atoms with E-state index >= 15 is 0 Å². The van der Waals surface area contributed by atoms with Crippen LogP contribution in [0.3, 0.4) is 0 Å². The van der Waals surface area contributed by atoms with Crippen LogP contribution in [0.15, 0.2) is 28.0 Å². The van der Waals surface area contributed by atoms with Gasteiger partial charge in [0.1, 0.15) is 5.54 Å². The Hall–Kier alpha value is -2.47. The number of rotatable bonds is 6. The van der Waals surface area contributed by atoms with Gasteiger partial charge in [-0.25, -0.2) is 4.68 Å². The molecule has 0 spiro atoms. The molecular weight excluding hydrogens is 316 g/mol. The van der Waals surface area contributed by atoms with E-state index in [1.165, 1.54) is 10.9 Å². The molecule has 0 radical (unpaired) electrons. The van der Waals surface area contributed by atoms with E-state index in [9.17, 15) is 10.1 Å². The number of amides is 1. The van der Waals surface area contributed by atoms with Crippen LogP contribution in [0.5, 0.6) is 0 Å². The second-order valence-corrected chi connectivity index (χ2v) is 6.40. The Morgan fingerprint density at radius 3 is 2.91 bits per heavy atom. The van der Waals surface area contributed by atoms with Crippen molar-refractivity contribution in [3.05, 3.63) is 18.4 Å². The van der Waals surface area contributed by atoms with E-state index in [0.29, 0.717) is 16.7 Å². The van der Waals surface area contributed by atoms with Gasteiger partial charge in [-0.15, -0.1) is 10.2 Å². The smallest absolute Gasteiger partial charge is 0.231 e. The summed E-state index contributed by atoms with van der Waals surface area (Å²) in [6.07, 6.45) is 1.51. The van der Waals surface area contributed by atoms with E-state index in [1.807, 2.05) is 13.8 Å². The Morgan fingerprint density at radius 1 is 1.61 bits per heavy atom. The third-order valence-corrected chi connectivity index (χ3v) is 4.47. The van der Waals surface area contributed by atoms with Crippen molar-refractivity contribution in [2.45, 2.75) is 31.5 Å². The molecule has 0 aromatic carbocycles. The van der Waals surface area contributed by atoms with E-state index in [2.05, 4.69) is 21.6 Å². The molecule has 2 aromatic rings. The SMILES string of the molecule is CC(C)C(C)(C#N)NC(=O)CSc1nnc(-c2ccco2)n1N. The van der Waals surface area contributed by atoms with Gasteiger partial charge in [0.25, 0.3) is 0 Å². The van der Waals surface area contributed by atoms with Crippen LogP contribution in [-0.4, -0.2) is 32.1 Å². The number of nitrogen functional groups attached to an aromatic ring is 1. The van der Waals surface area contributed by atoms with Crippen LogP contribution in [0, 0.1) is 17.2 Å². The van der Waals surface area contributed by atoms with Crippen LogP contribution >= 0.6 is 11.8 Å². The summed E-state index contributed by atoms with van der Waals surface area (Å²) in [7, 11) is 0. The lowest BCUT2D eigenvalue weighted by atomic mass is 9.90. The zero-order chi connectivity index (χ0) is 17.0. The molecule has 2 rings (SSSR count). The molecule has 1 amide bonds. The average Bonchev–Trinajstić information content (AvgIpc) is 3.14. The Labute approximate surface area is 138 Å². The molecule has 0 fully saturated rings. The minimum atomic E-state index is -0.909. The molecule has 23 heavy (non-hydrogen) atoms. The van der Waals surface area contributed by atoms with Crippen molar-refractivity contribution < 1.29 is 9.21 Å². The van der Waals surface area contributed by atoms with Gasteiger partial charge in [0, 0.05) is 0 Å². The van der Waals surface area contributed by atoms with Crippen LogP contribution in [0.1, 0.15) is 20.8 Å². The zero-order valence-electron chi connectivity index (χ0n) is 13.1. The Morgan fingerprint density at radius 2 is 2.35 bits per heavy atom. The standard InChI is InChI=1S/C14H18N6O2S/c1-9(2)14(3,8-15)17-11(21)7-23-13-19-18-12(20(13)16)10-5-4-6-22-10/h4-6,9H,7,16H2,1-3H3,(H,17,21). The van der Waals surface area contributed by atoms with Gasteiger partial charge in [0.05, 0.1) is 18.1 Å². The molecule has 2 aromatic heterocycles. The summed E-state index contributed by atoms with van der Waals surface area (Å²) < 4.78 is 6.48. The number of carbonyl (C=O) groups is 1. The molecule has 2 heterocycles. The normalized spacial score (nSPS) is 13.5. The maximum absolute atomic E-state index is 12.0. The first-order valence-electron chi connectivity index (χ1n) is 6.97. The third-order valence-electron chi connectivity index (χ3n) is 3.52. The highest BCUT2D eigenvalue weighted by Crippen LogP contribution is 2.22. The summed E-state index contributed by atoms with van der Waals surface area (Å²) in [5.74, 6) is 6.58. The van der Waals surface area contributed by atoms with Crippen molar-refractivity contribution >= 4 is 17.7 Å². The fourth-order valence-electron chi connectivity index (χ4n) is 1.71. The summed E-state index contributed by atoms with van der Waals surface area (Å²) in [4.78, 5) is 12.0. The van der Waals surface area contributed by atoms with Crippen LogP contribution in [-0.2, 0) is 4.79 Å². The van der Waals surface area contributed by atoms with Crippen molar-refractivity contribution in [2.75, 3.05) is 11.6 Å². The lowest BCUT2D eigenvalue weighted by molar-refractivity contribution is -0.120. The fourth-order valence-corrected chi connectivity index (χ4v) is 2.36. The number of aromatic nitrogens is 3. The number of nitriles is 1. The largest absolute Gasteiger partial charge is 0.461 e. The van der Waals surface area contributed by atoms with Gasteiger partial charge in [-0.3, -0.25) is 4.79 Å². The minimum Gasteiger partial charge on any atom is -0.461 e. The maximum Gasteiger partial charge on any atom is 0.231 e. The lowest BCUT2D eigenvalue weighted by Gasteiger charge is -2.27. The molecule has 0 bridgehead atoms. The quantitative estimate of drug-likeness (QED) is 0.604. The second kappa shape index (κ2) is 6.75. The van der Waals surface area contributed by atoms with Crippen LogP contribution in [0.4, 0.5) is 0 Å². The fraction of sp³-hybridized carbons (Fsp3) is 0.429. The van der Waals surface area contributed by atoms with Gasteiger partial charge in [0.15, 0.2) is 5.76 Å². The monoisotopic (exact) mass is 334 g/mol. The van der Waals surface area contributed by atoms with Crippen molar-refractivity contribution in [1.82, 2.24) is 20.2 Å². The Bertz CT molecular complexity index is 718. The molecule has 3 N–H and O–H groups in total. The van der Waals surface area contributed by atoms with Gasteiger partial charge < -0.3 is 15.6 Å². The predicted molar refractivity (Wildman–Crippen MR) is 85.6 cm³/mol. The molecule has 0 aliphatic rings. The van der Waals surface area contributed by atoms with Gasteiger partial charge in [-0.05, 0) is 25.0 Å². The summed E-state index contributed by atoms with van der Waals surface area (Å²) in [6.45, 7) is 5.45. The first-order chi connectivity index (χ1) is 10.9. The molecule has 0 aliphatic heterocycles. The van der Waals surface area contributed by atoms with E-state index in [-0.39, 0.29) is 17.6 Å². The van der Waals surface area contributed by atoms with Crippen LogP contribution < -0.4 is 11.2 Å². The van der Waals surface area contributed by atoms with Gasteiger partial charge in [0.2, 0.25) is 16.9 Å². The molecule has 1 atom stereocenters. The van der Waals surface area contributed by atoms with E-state index in [4.69, 9.17) is 10.3 Å². The number of hydrogen-bond acceptors (Lipinski definition) is 7. The number of nitrogens with two attached hydrogens (primary N) is 1. The number of thioether (sulfide) groups is 1. The van der Waals surface area contributed by atoms with E-state index < -0.39 is 5.54 Å². The van der Waals surface area contributed by atoms with Gasteiger partial charge in [-0.2, -0.15) is 5.26 Å². The van der Waals surface area contributed by atoms with Crippen molar-refractivity contribution in [2.24, 2.45) is 5.92 Å². The predicted octanol–water partition coefficient (Wildman–Crippen LogP) is 1.40. The third kappa shape index (κ3) is 3.65. The average molecular weight is 334 g/mol.